The third kappa shape index (κ3) is 3.85. The van der Waals surface area contributed by atoms with E-state index in [2.05, 4.69) is 52.7 Å². The van der Waals surface area contributed by atoms with Crippen LogP contribution in [0.25, 0.3) is 0 Å². The van der Waals surface area contributed by atoms with Gasteiger partial charge in [0.25, 0.3) is 0 Å². The van der Waals surface area contributed by atoms with Crippen LogP contribution < -0.4 is 5.32 Å². The fourth-order valence-electron chi connectivity index (χ4n) is 2.92. The molecule has 1 aliphatic heterocycles. The third-order valence-corrected chi connectivity index (χ3v) is 4.23. The maximum absolute atomic E-state index is 4.45. The molecule has 0 aliphatic carbocycles. The van der Waals surface area contributed by atoms with Gasteiger partial charge >= 0.3 is 0 Å². The van der Waals surface area contributed by atoms with E-state index >= 15 is 0 Å². The lowest BCUT2D eigenvalue weighted by molar-refractivity contribution is 0.229. The van der Waals surface area contributed by atoms with Crippen molar-refractivity contribution in [2.24, 2.45) is 0 Å². The van der Waals surface area contributed by atoms with E-state index in [4.69, 9.17) is 0 Å². The zero-order valence-corrected chi connectivity index (χ0v) is 12.7. The number of rotatable bonds is 5. The van der Waals surface area contributed by atoms with Gasteiger partial charge in [-0.15, -0.1) is 0 Å². The molecule has 4 nitrogen and oxygen atoms in total. The number of aromatic nitrogens is 2. The van der Waals surface area contributed by atoms with Gasteiger partial charge < -0.3 is 10.2 Å². The molecule has 4 heteroatoms. The molecule has 0 atom stereocenters. The highest BCUT2D eigenvalue weighted by Gasteiger charge is 2.18. The average Bonchev–Trinajstić information content (AvgIpc) is 2.96. The molecule has 0 saturated carbocycles. The molecule has 112 valence electrons. The Morgan fingerprint density at radius 3 is 2.67 bits per heavy atom. The molecule has 1 fully saturated rings. The Hall–Kier alpha value is -1.81. The number of anilines is 1. The Morgan fingerprint density at radius 1 is 1.19 bits per heavy atom. The quantitative estimate of drug-likeness (QED) is 0.916. The minimum Gasteiger partial charge on any atom is -0.380 e. The van der Waals surface area contributed by atoms with Gasteiger partial charge in [-0.3, -0.25) is 4.68 Å². The van der Waals surface area contributed by atoms with Crippen LogP contribution in [0, 0.1) is 0 Å². The molecule has 0 bridgehead atoms. The van der Waals surface area contributed by atoms with Crippen LogP contribution in [0.5, 0.6) is 0 Å². The normalized spacial score (nSPS) is 17.0. The molecule has 1 aromatic heterocycles. The van der Waals surface area contributed by atoms with Gasteiger partial charge in [-0.2, -0.15) is 5.10 Å². The van der Waals surface area contributed by atoms with Gasteiger partial charge in [-0.1, -0.05) is 37.3 Å². The number of hydrogen-bond acceptors (Lipinski definition) is 3. The largest absolute Gasteiger partial charge is 0.380 e. The van der Waals surface area contributed by atoms with Gasteiger partial charge in [0.15, 0.2) is 0 Å². The van der Waals surface area contributed by atoms with Crippen molar-refractivity contribution < 1.29 is 0 Å². The molecule has 0 unspecified atom stereocenters. The number of nitrogens with one attached hydrogen (secondary N) is 1. The maximum Gasteiger partial charge on any atom is 0.0728 e. The standard InChI is InChI=1S/C17H24N4/c1-2-20-10-8-16(9-11-20)19-17-12-18-21(14-17)13-15-6-4-3-5-7-15/h3-7,12,14,16,19H,2,8-11,13H2,1H3. The number of nitrogens with zero attached hydrogens (tertiary/aromatic N) is 3. The first-order valence-corrected chi connectivity index (χ1v) is 7.89. The predicted octanol–water partition coefficient (Wildman–Crippen LogP) is 2.83. The lowest BCUT2D eigenvalue weighted by Crippen LogP contribution is -2.38. The van der Waals surface area contributed by atoms with Gasteiger partial charge in [-0.05, 0) is 24.9 Å². The lowest BCUT2D eigenvalue weighted by atomic mass is 10.1. The van der Waals surface area contributed by atoms with Crippen molar-refractivity contribution in [2.45, 2.75) is 32.4 Å². The number of likely N-dealkylation sites (tertiary alicyclic amines) is 1. The first-order chi connectivity index (χ1) is 10.3. The first kappa shape index (κ1) is 14.1. The molecule has 1 N–H and O–H groups in total. The smallest absolute Gasteiger partial charge is 0.0728 e. The molecular formula is C17H24N4. The minimum atomic E-state index is 0.585. The highest BCUT2D eigenvalue weighted by atomic mass is 15.3. The highest BCUT2D eigenvalue weighted by Crippen LogP contribution is 2.16. The zero-order valence-electron chi connectivity index (χ0n) is 12.7. The van der Waals surface area contributed by atoms with E-state index in [9.17, 15) is 0 Å². The van der Waals surface area contributed by atoms with Crippen LogP contribution >= 0.6 is 0 Å². The lowest BCUT2D eigenvalue weighted by Gasteiger charge is -2.31. The van der Waals surface area contributed by atoms with E-state index in [1.165, 1.54) is 38.0 Å². The average molecular weight is 284 g/mol. The summed E-state index contributed by atoms with van der Waals surface area (Å²) >= 11 is 0. The molecule has 2 aromatic rings. The number of piperidine rings is 1. The van der Waals surface area contributed by atoms with Crippen molar-refractivity contribution in [1.82, 2.24) is 14.7 Å². The van der Waals surface area contributed by atoms with Crippen molar-refractivity contribution in [3.05, 3.63) is 48.3 Å². The van der Waals surface area contributed by atoms with E-state index in [1.54, 1.807) is 0 Å². The third-order valence-electron chi connectivity index (χ3n) is 4.23. The Balaban J connectivity index is 1.53. The van der Waals surface area contributed by atoms with Crippen LogP contribution in [0.15, 0.2) is 42.7 Å². The van der Waals surface area contributed by atoms with Crippen LogP contribution in [-0.2, 0) is 6.54 Å². The van der Waals surface area contributed by atoms with E-state index in [0.717, 1.165) is 12.2 Å². The SMILES string of the molecule is CCN1CCC(Nc2cnn(Cc3ccccc3)c2)CC1. The summed E-state index contributed by atoms with van der Waals surface area (Å²) in [6.45, 7) is 6.64. The summed E-state index contributed by atoms with van der Waals surface area (Å²) < 4.78 is 2.00. The molecule has 3 rings (SSSR count). The van der Waals surface area contributed by atoms with E-state index < -0.39 is 0 Å². The molecule has 21 heavy (non-hydrogen) atoms. The Kier molecular flexibility index (Phi) is 4.55. The van der Waals surface area contributed by atoms with E-state index in [1.807, 2.05) is 16.9 Å². The second kappa shape index (κ2) is 6.76. The minimum absolute atomic E-state index is 0.585. The Labute approximate surface area is 126 Å². The zero-order chi connectivity index (χ0) is 14.5. The molecular weight excluding hydrogens is 260 g/mol. The summed E-state index contributed by atoms with van der Waals surface area (Å²) in [5, 5.41) is 8.07. The van der Waals surface area contributed by atoms with Gasteiger partial charge in [0.05, 0.1) is 18.4 Å². The predicted molar refractivity (Wildman–Crippen MR) is 86.5 cm³/mol. The van der Waals surface area contributed by atoms with Gasteiger partial charge in [0.2, 0.25) is 0 Å². The van der Waals surface area contributed by atoms with Crippen LogP contribution in [0.4, 0.5) is 5.69 Å². The number of benzene rings is 1. The van der Waals surface area contributed by atoms with Crippen molar-refractivity contribution >= 4 is 5.69 Å². The number of hydrogen-bond donors (Lipinski definition) is 1. The van der Waals surface area contributed by atoms with Crippen LogP contribution in [0.1, 0.15) is 25.3 Å². The van der Waals surface area contributed by atoms with E-state index in [0.29, 0.717) is 6.04 Å². The van der Waals surface area contributed by atoms with Crippen LogP contribution in [-0.4, -0.2) is 40.4 Å². The summed E-state index contributed by atoms with van der Waals surface area (Å²) in [5.74, 6) is 0. The molecule has 0 spiro atoms. The molecule has 1 aliphatic rings. The molecule has 0 amide bonds. The monoisotopic (exact) mass is 284 g/mol. The Bertz CT molecular complexity index is 541. The molecule has 2 heterocycles. The van der Waals surface area contributed by atoms with Crippen molar-refractivity contribution in [1.29, 1.82) is 0 Å². The van der Waals surface area contributed by atoms with Crippen molar-refractivity contribution in [3.63, 3.8) is 0 Å². The highest BCUT2D eigenvalue weighted by molar-refractivity contribution is 5.39. The van der Waals surface area contributed by atoms with Crippen LogP contribution in [0.3, 0.4) is 0 Å². The summed E-state index contributed by atoms with van der Waals surface area (Å²) in [6.07, 6.45) is 6.49. The van der Waals surface area contributed by atoms with Gasteiger partial charge in [-0.25, -0.2) is 0 Å². The first-order valence-electron chi connectivity index (χ1n) is 7.89. The second-order valence-corrected chi connectivity index (χ2v) is 5.77. The summed E-state index contributed by atoms with van der Waals surface area (Å²) in [6, 6.07) is 11.0. The molecule has 1 saturated heterocycles. The van der Waals surface area contributed by atoms with Crippen molar-refractivity contribution in [2.75, 3.05) is 25.0 Å². The summed E-state index contributed by atoms with van der Waals surface area (Å²) in [4.78, 5) is 2.51. The fraction of sp³-hybridized carbons (Fsp3) is 0.471. The van der Waals surface area contributed by atoms with E-state index in [-0.39, 0.29) is 0 Å². The van der Waals surface area contributed by atoms with Crippen molar-refractivity contribution in [3.8, 4) is 0 Å². The molecule has 1 aromatic carbocycles. The maximum atomic E-state index is 4.45. The topological polar surface area (TPSA) is 33.1 Å². The van der Waals surface area contributed by atoms with Crippen LogP contribution in [0.2, 0.25) is 0 Å². The fourth-order valence-corrected chi connectivity index (χ4v) is 2.92. The second-order valence-electron chi connectivity index (χ2n) is 5.77. The van der Waals surface area contributed by atoms with Gasteiger partial charge in [0.1, 0.15) is 0 Å². The molecule has 0 radical (unpaired) electrons. The Morgan fingerprint density at radius 2 is 1.95 bits per heavy atom. The summed E-state index contributed by atoms with van der Waals surface area (Å²) in [7, 11) is 0. The van der Waals surface area contributed by atoms with Gasteiger partial charge in [0, 0.05) is 25.3 Å². The summed E-state index contributed by atoms with van der Waals surface area (Å²) in [5.41, 5.74) is 2.42.